The van der Waals surface area contributed by atoms with Crippen LogP contribution in [0.4, 0.5) is 5.69 Å². The van der Waals surface area contributed by atoms with Crippen LogP contribution in [0.25, 0.3) is 21.7 Å². The van der Waals surface area contributed by atoms with E-state index in [0.29, 0.717) is 23.4 Å². The summed E-state index contributed by atoms with van der Waals surface area (Å²) in [6, 6.07) is 18.6. The zero-order valence-corrected chi connectivity index (χ0v) is 14.0. The van der Waals surface area contributed by atoms with Gasteiger partial charge in [-0.3, -0.25) is 10.1 Å². The van der Waals surface area contributed by atoms with E-state index >= 15 is 0 Å². The molecule has 3 aromatic carbocycles. The van der Waals surface area contributed by atoms with Gasteiger partial charge in [0.2, 0.25) is 5.88 Å². The molecule has 0 N–H and O–H groups in total. The van der Waals surface area contributed by atoms with Crippen LogP contribution in [0.2, 0.25) is 0 Å². The molecular formula is C19H15N3O4. The minimum Gasteiger partial charge on any atom is -0.471 e. The highest BCUT2D eigenvalue weighted by atomic mass is 16.7. The lowest BCUT2D eigenvalue weighted by atomic mass is 10.1. The van der Waals surface area contributed by atoms with Gasteiger partial charge in [-0.2, -0.15) is 0 Å². The molecule has 0 amide bonds. The van der Waals surface area contributed by atoms with E-state index < -0.39 is 4.92 Å². The Labute approximate surface area is 148 Å². The quantitative estimate of drug-likeness (QED) is 0.405. The van der Waals surface area contributed by atoms with Gasteiger partial charge in [-0.1, -0.05) is 46.3 Å². The van der Waals surface area contributed by atoms with Crippen molar-refractivity contribution in [3.63, 3.8) is 0 Å². The van der Waals surface area contributed by atoms with Gasteiger partial charge in [0.05, 0.1) is 10.3 Å². The molecule has 0 saturated heterocycles. The Kier molecular flexibility index (Phi) is 3.89. The van der Waals surface area contributed by atoms with Crippen LogP contribution in [-0.4, -0.2) is 22.0 Å². The second-order valence-electron chi connectivity index (χ2n) is 5.79. The van der Waals surface area contributed by atoms with Crippen LogP contribution >= 0.6 is 0 Å². The molecule has 1 aromatic heterocycles. The van der Waals surface area contributed by atoms with E-state index in [1.807, 2.05) is 42.5 Å². The monoisotopic (exact) mass is 349 g/mol. The normalized spacial score (nSPS) is 11.0. The van der Waals surface area contributed by atoms with Crippen molar-refractivity contribution in [3.8, 4) is 5.88 Å². The van der Waals surface area contributed by atoms with E-state index in [2.05, 4.69) is 5.10 Å². The third-order valence-corrected chi connectivity index (χ3v) is 4.17. The van der Waals surface area contributed by atoms with Crippen molar-refractivity contribution >= 4 is 27.4 Å². The van der Waals surface area contributed by atoms with Gasteiger partial charge in [0, 0.05) is 12.1 Å². The fraction of sp³-hybridized carbons (Fsp3) is 0.105. The zero-order valence-electron chi connectivity index (χ0n) is 14.0. The molecule has 0 bridgehead atoms. The fourth-order valence-electron chi connectivity index (χ4n) is 2.89. The first kappa shape index (κ1) is 15.9. The second kappa shape index (κ2) is 6.36. The predicted octanol–water partition coefficient (Wildman–Crippen LogP) is 3.74. The van der Waals surface area contributed by atoms with Crippen molar-refractivity contribution in [1.29, 1.82) is 0 Å². The van der Waals surface area contributed by atoms with Crippen molar-refractivity contribution in [2.75, 3.05) is 7.11 Å². The number of hydrogen-bond donors (Lipinski definition) is 0. The molecular weight excluding hydrogens is 334 g/mol. The van der Waals surface area contributed by atoms with Crippen molar-refractivity contribution in [1.82, 2.24) is 9.94 Å². The SMILES string of the molecule is COn1nc(OCc2ccc3ccccc3c2)c2cc([N+](=O)[O-])ccc21. The summed E-state index contributed by atoms with van der Waals surface area (Å²) in [4.78, 5) is 17.1. The van der Waals surface area contributed by atoms with E-state index in [9.17, 15) is 10.1 Å². The topological polar surface area (TPSA) is 79.4 Å². The number of nitrogens with zero attached hydrogens (tertiary/aromatic N) is 3. The lowest BCUT2D eigenvalue weighted by Gasteiger charge is -2.05. The number of benzene rings is 3. The Hall–Kier alpha value is -3.61. The molecule has 0 unspecified atom stereocenters. The van der Waals surface area contributed by atoms with Gasteiger partial charge in [-0.15, -0.1) is 0 Å². The average molecular weight is 349 g/mol. The van der Waals surface area contributed by atoms with Crippen LogP contribution in [0.3, 0.4) is 0 Å². The Morgan fingerprint density at radius 3 is 2.65 bits per heavy atom. The molecule has 0 aliphatic heterocycles. The van der Waals surface area contributed by atoms with Crippen LogP contribution in [-0.2, 0) is 6.61 Å². The molecule has 0 radical (unpaired) electrons. The molecule has 4 aromatic rings. The van der Waals surface area contributed by atoms with Gasteiger partial charge < -0.3 is 9.57 Å². The van der Waals surface area contributed by atoms with E-state index in [4.69, 9.17) is 9.57 Å². The largest absolute Gasteiger partial charge is 0.471 e. The van der Waals surface area contributed by atoms with E-state index in [1.54, 1.807) is 6.07 Å². The van der Waals surface area contributed by atoms with Crippen molar-refractivity contribution in [2.45, 2.75) is 6.61 Å². The average Bonchev–Trinajstić information content (AvgIpc) is 3.03. The maximum Gasteiger partial charge on any atom is 0.270 e. The molecule has 0 aliphatic carbocycles. The minimum atomic E-state index is -0.448. The molecule has 7 heteroatoms. The molecule has 7 nitrogen and oxygen atoms in total. The molecule has 0 atom stereocenters. The van der Waals surface area contributed by atoms with E-state index in [-0.39, 0.29) is 5.69 Å². The van der Waals surface area contributed by atoms with E-state index in [0.717, 1.165) is 16.3 Å². The third-order valence-electron chi connectivity index (χ3n) is 4.17. The first-order chi connectivity index (χ1) is 12.7. The molecule has 130 valence electrons. The van der Waals surface area contributed by atoms with Crippen molar-refractivity contribution < 1.29 is 14.5 Å². The lowest BCUT2D eigenvalue weighted by molar-refractivity contribution is -0.384. The number of aromatic nitrogens is 2. The Morgan fingerprint density at radius 2 is 1.88 bits per heavy atom. The first-order valence-electron chi connectivity index (χ1n) is 7.98. The summed E-state index contributed by atoms with van der Waals surface area (Å²) in [6.07, 6.45) is 0. The molecule has 0 aliphatic rings. The Balaban J connectivity index is 1.67. The van der Waals surface area contributed by atoms with Gasteiger partial charge in [0.15, 0.2) is 0 Å². The van der Waals surface area contributed by atoms with Gasteiger partial charge in [-0.05, 0) is 28.5 Å². The molecule has 0 spiro atoms. The van der Waals surface area contributed by atoms with Crippen LogP contribution in [0.5, 0.6) is 5.88 Å². The summed E-state index contributed by atoms with van der Waals surface area (Å²) in [5.74, 6) is 0.290. The number of hydrogen-bond acceptors (Lipinski definition) is 5. The summed E-state index contributed by atoms with van der Waals surface area (Å²) in [7, 11) is 1.47. The lowest BCUT2D eigenvalue weighted by Crippen LogP contribution is -2.07. The number of nitro groups is 1. The number of rotatable bonds is 5. The zero-order chi connectivity index (χ0) is 18.1. The van der Waals surface area contributed by atoms with Crippen molar-refractivity contribution in [3.05, 3.63) is 76.3 Å². The van der Waals surface area contributed by atoms with E-state index in [1.165, 1.54) is 24.1 Å². The molecule has 26 heavy (non-hydrogen) atoms. The summed E-state index contributed by atoms with van der Waals surface area (Å²) < 4.78 is 5.84. The fourth-order valence-corrected chi connectivity index (χ4v) is 2.89. The maximum absolute atomic E-state index is 11.0. The highest BCUT2D eigenvalue weighted by Crippen LogP contribution is 2.29. The number of non-ortho nitro benzene ring substituents is 1. The van der Waals surface area contributed by atoms with Crippen LogP contribution in [0.1, 0.15) is 5.56 Å². The summed E-state index contributed by atoms with van der Waals surface area (Å²) in [6.45, 7) is 0.295. The smallest absolute Gasteiger partial charge is 0.270 e. The Bertz CT molecular complexity index is 1120. The number of nitro benzene ring substituents is 1. The molecule has 1 heterocycles. The van der Waals surface area contributed by atoms with Crippen LogP contribution < -0.4 is 9.57 Å². The predicted molar refractivity (Wildman–Crippen MR) is 97.2 cm³/mol. The highest BCUT2D eigenvalue weighted by molar-refractivity contribution is 5.86. The third kappa shape index (κ3) is 2.79. The van der Waals surface area contributed by atoms with Gasteiger partial charge in [0.25, 0.3) is 5.69 Å². The summed E-state index contributed by atoms with van der Waals surface area (Å²) in [5.41, 5.74) is 1.56. The standard InChI is InChI=1S/C19H15N3O4/c1-25-21-18-9-8-16(22(23)24)11-17(18)19(20-21)26-12-13-6-7-14-4-2-3-5-15(14)10-13/h2-11H,12H2,1H3. The van der Waals surface area contributed by atoms with Crippen LogP contribution in [0.15, 0.2) is 60.7 Å². The summed E-state index contributed by atoms with van der Waals surface area (Å²) >= 11 is 0. The molecule has 4 rings (SSSR count). The van der Waals surface area contributed by atoms with Gasteiger partial charge >= 0.3 is 0 Å². The molecule has 0 fully saturated rings. The van der Waals surface area contributed by atoms with Crippen molar-refractivity contribution in [2.24, 2.45) is 0 Å². The Morgan fingerprint density at radius 1 is 1.08 bits per heavy atom. The van der Waals surface area contributed by atoms with Crippen LogP contribution in [0, 0.1) is 10.1 Å². The minimum absolute atomic E-state index is 0.0243. The number of ether oxygens (including phenoxy) is 1. The van der Waals surface area contributed by atoms with Gasteiger partial charge in [0.1, 0.15) is 19.2 Å². The first-order valence-corrected chi connectivity index (χ1v) is 7.98. The van der Waals surface area contributed by atoms with Gasteiger partial charge in [-0.25, -0.2) is 0 Å². The maximum atomic E-state index is 11.0. The molecule has 0 saturated carbocycles. The summed E-state index contributed by atoms with van der Waals surface area (Å²) in [5, 5.41) is 18.1. The highest BCUT2D eigenvalue weighted by Gasteiger charge is 2.17. The second-order valence-corrected chi connectivity index (χ2v) is 5.79. The number of fused-ring (bicyclic) bond motifs is 2.